The van der Waals surface area contributed by atoms with Gasteiger partial charge in [0, 0.05) is 9.35 Å². The van der Waals surface area contributed by atoms with E-state index >= 15 is 0 Å². The zero-order valence-corrected chi connectivity index (χ0v) is 15.0. The summed E-state index contributed by atoms with van der Waals surface area (Å²) in [7, 11) is 0. The van der Waals surface area contributed by atoms with Gasteiger partial charge in [-0.1, -0.05) is 34.1 Å². The predicted molar refractivity (Wildman–Crippen MR) is 93.5 cm³/mol. The number of carbonyl (C=O) groups is 3. The molecule has 8 heteroatoms. The summed E-state index contributed by atoms with van der Waals surface area (Å²) < 4.78 is 5.76. The molecule has 0 aliphatic carbocycles. The van der Waals surface area contributed by atoms with Crippen LogP contribution in [0.4, 0.5) is 4.79 Å². The molecule has 0 atom stereocenters. The average molecular weight is 411 g/mol. The minimum atomic E-state index is -0.678. The fourth-order valence-electron chi connectivity index (χ4n) is 1.75. The lowest BCUT2D eigenvalue weighted by molar-refractivity contribution is -0.147. The summed E-state index contributed by atoms with van der Waals surface area (Å²) in [6.07, 6.45) is 0.0606. The van der Waals surface area contributed by atoms with Crippen molar-refractivity contribution in [2.75, 3.05) is 6.61 Å². The fraction of sp³-hybridized carbons (Fsp3) is 0.188. The van der Waals surface area contributed by atoms with Gasteiger partial charge in [0.15, 0.2) is 6.61 Å². The van der Waals surface area contributed by atoms with Crippen LogP contribution in [0, 0.1) is 0 Å². The molecule has 126 valence electrons. The maximum atomic E-state index is 11.7. The number of hydrogen-bond donors (Lipinski definition) is 2. The van der Waals surface area contributed by atoms with Gasteiger partial charge >= 0.3 is 12.0 Å². The van der Waals surface area contributed by atoms with E-state index in [1.54, 1.807) is 12.1 Å². The van der Waals surface area contributed by atoms with Gasteiger partial charge in [0.05, 0.1) is 13.0 Å². The lowest BCUT2D eigenvalue weighted by Gasteiger charge is -2.07. The number of thiophene rings is 1. The van der Waals surface area contributed by atoms with Crippen molar-refractivity contribution in [1.29, 1.82) is 0 Å². The highest BCUT2D eigenvalue weighted by atomic mass is 79.9. The lowest BCUT2D eigenvalue weighted by atomic mass is 10.2. The molecule has 1 heterocycles. The van der Waals surface area contributed by atoms with Gasteiger partial charge in [-0.15, -0.1) is 11.3 Å². The largest absolute Gasteiger partial charge is 0.455 e. The summed E-state index contributed by atoms with van der Waals surface area (Å²) in [5.41, 5.74) is 0.775. The van der Waals surface area contributed by atoms with E-state index in [1.165, 1.54) is 11.3 Å². The van der Waals surface area contributed by atoms with Crippen LogP contribution in [-0.2, 0) is 27.3 Å². The highest BCUT2D eigenvalue weighted by Crippen LogP contribution is 2.11. The van der Waals surface area contributed by atoms with E-state index in [9.17, 15) is 14.4 Å². The Hall–Kier alpha value is -2.19. The van der Waals surface area contributed by atoms with Crippen molar-refractivity contribution in [3.8, 4) is 0 Å². The second-order valence-electron chi connectivity index (χ2n) is 4.77. The molecule has 0 aliphatic heterocycles. The molecule has 6 nitrogen and oxygen atoms in total. The summed E-state index contributed by atoms with van der Waals surface area (Å²) in [6.45, 7) is -0.165. The highest BCUT2D eigenvalue weighted by molar-refractivity contribution is 9.10. The van der Waals surface area contributed by atoms with E-state index in [2.05, 4.69) is 26.6 Å². The summed E-state index contributed by atoms with van der Waals surface area (Å²) in [5, 5.41) is 6.54. The normalized spacial score (nSPS) is 10.0. The Morgan fingerprint density at radius 2 is 1.88 bits per heavy atom. The molecule has 24 heavy (non-hydrogen) atoms. The predicted octanol–water partition coefficient (Wildman–Crippen LogP) is 2.62. The molecule has 0 spiro atoms. The van der Waals surface area contributed by atoms with Crippen LogP contribution in [0.15, 0.2) is 46.3 Å². The van der Waals surface area contributed by atoms with E-state index in [1.807, 2.05) is 29.6 Å². The van der Waals surface area contributed by atoms with Crippen LogP contribution in [0.3, 0.4) is 0 Å². The molecule has 0 unspecified atom stereocenters. The molecule has 0 aliphatic rings. The van der Waals surface area contributed by atoms with Crippen LogP contribution in [0.2, 0.25) is 0 Å². The molecule has 1 aromatic carbocycles. The van der Waals surface area contributed by atoms with Gasteiger partial charge in [0.2, 0.25) is 0 Å². The van der Waals surface area contributed by atoms with Gasteiger partial charge in [0.25, 0.3) is 5.91 Å². The number of urea groups is 1. The van der Waals surface area contributed by atoms with Gasteiger partial charge in [-0.2, -0.15) is 0 Å². The van der Waals surface area contributed by atoms with Crippen molar-refractivity contribution < 1.29 is 19.1 Å². The fourth-order valence-corrected chi connectivity index (χ4v) is 2.66. The summed E-state index contributed by atoms with van der Waals surface area (Å²) in [4.78, 5) is 35.7. The first kappa shape index (κ1) is 18.2. The lowest BCUT2D eigenvalue weighted by Crippen LogP contribution is -2.41. The number of carbonyl (C=O) groups excluding carboxylic acids is 3. The Kier molecular flexibility index (Phi) is 6.95. The summed E-state index contributed by atoms with van der Waals surface area (Å²) >= 11 is 4.80. The SMILES string of the molecule is O=C(COC(=O)Cc1ccc(Br)cc1)NC(=O)NCc1cccs1. The van der Waals surface area contributed by atoms with Gasteiger partial charge in [-0.3, -0.25) is 14.9 Å². The molecule has 0 saturated carbocycles. The zero-order valence-electron chi connectivity index (χ0n) is 12.6. The number of amides is 3. The van der Waals surface area contributed by atoms with E-state index in [-0.39, 0.29) is 6.42 Å². The standard InChI is InChI=1S/C16H15BrN2O4S/c17-12-5-3-11(4-6-12)8-15(21)23-10-14(20)19-16(22)18-9-13-2-1-7-24-13/h1-7H,8-10H2,(H2,18,19,20,22). The molecule has 0 saturated heterocycles. The van der Waals surface area contributed by atoms with Crippen LogP contribution in [0.5, 0.6) is 0 Å². The number of imide groups is 1. The highest BCUT2D eigenvalue weighted by Gasteiger charge is 2.11. The van der Waals surface area contributed by atoms with E-state index in [0.29, 0.717) is 6.54 Å². The molecule has 3 amide bonds. The van der Waals surface area contributed by atoms with Gasteiger partial charge in [0.1, 0.15) is 0 Å². The molecule has 0 radical (unpaired) electrons. The minimum absolute atomic E-state index is 0.0606. The van der Waals surface area contributed by atoms with Gasteiger partial charge < -0.3 is 10.1 Å². The quantitative estimate of drug-likeness (QED) is 0.716. The molecule has 1 aromatic heterocycles. The molecule has 2 rings (SSSR count). The summed E-state index contributed by atoms with van der Waals surface area (Å²) in [5.74, 6) is -1.21. The maximum absolute atomic E-state index is 11.7. The molecular formula is C16H15BrN2O4S. The maximum Gasteiger partial charge on any atom is 0.321 e. The number of esters is 1. The summed E-state index contributed by atoms with van der Waals surface area (Å²) in [6, 6.07) is 10.3. The van der Waals surface area contributed by atoms with Crippen LogP contribution in [0.1, 0.15) is 10.4 Å². The molecule has 2 aromatic rings. The Balaban J connectivity index is 1.65. The van der Waals surface area contributed by atoms with Crippen molar-refractivity contribution in [1.82, 2.24) is 10.6 Å². The monoisotopic (exact) mass is 410 g/mol. The van der Waals surface area contributed by atoms with E-state index < -0.39 is 24.5 Å². The van der Waals surface area contributed by atoms with Crippen LogP contribution >= 0.6 is 27.3 Å². The first-order chi connectivity index (χ1) is 11.5. The zero-order chi connectivity index (χ0) is 17.4. The number of nitrogens with one attached hydrogen (secondary N) is 2. The third-order valence-electron chi connectivity index (χ3n) is 2.88. The number of rotatable bonds is 6. The van der Waals surface area contributed by atoms with Crippen molar-refractivity contribution in [3.05, 3.63) is 56.7 Å². The number of ether oxygens (including phenoxy) is 1. The first-order valence-corrected chi connectivity index (χ1v) is 8.70. The van der Waals surface area contributed by atoms with Gasteiger partial charge in [-0.25, -0.2) is 4.79 Å². The van der Waals surface area contributed by atoms with Gasteiger partial charge in [-0.05, 0) is 29.1 Å². The van der Waals surface area contributed by atoms with E-state index in [0.717, 1.165) is 14.9 Å². The third kappa shape index (κ3) is 6.51. The Labute approximate surface area is 151 Å². The minimum Gasteiger partial charge on any atom is -0.455 e. The molecule has 2 N–H and O–H groups in total. The van der Waals surface area contributed by atoms with Crippen LogP contribution in [-0.4, -0.2) is 24.5 Å². The second-order valence-corrected chi connectivity index (χ2v) is 6.72. The number of benzene rings is 1. The van der Waals surface area contributed by atoms with Crippen molar-refractivity contribution >= 4 is 45.2 Å². The topological polar surface area (TPSA) is 84.5 Å². The molecule has 0 bridgehead atoms. The molecule has 0 fully saturated rings. The van der Waals surface area contributed by atoms with Crippen LogP contribution in [0.25, 0.3) is 0 Å². The Morgan fingerprint density at radius 1 is 1.12 bits per heavy atom. The van der Waals surface area contributed by atoms with Crippen molar-refractivity contribution in [3.63, 3.8) is 0 Å². The Bertz CT molecular complexity index is 701. The third-order valence-corrected chi connectivity index (χ3v) is 4.29. The molecular weight excluding hydrogens is 396 g/mol. The second kappa shape index (κ2) is 9.19. The van der Waals surface area contributed by atoms with Crippen LogP contribution < -0.4 is 10.6 Å². The number of halogens is 1. The average Bonchev–Trinajstić information content (AvgIpc) is 3.07. The van der Waals surface area contributed by atoms with E-state index in [4.69, 9.17) is 4.74 Å². The number of hydrogen-bond acceptors (Lipinski definition) is 5. The van der Waals surface area contributed by atoms with Crippen molar-refractivity contribution in [2.24, 2.45) is 0 Å². The Morgan fingerprint density at radius 3 is 2.54 bits per heavy atom. The smallest absolute Gasteiger partial charge is 0.321 e. The van der Waals surface area contributed by atoms with Crippen molar-refractivity contribution in [2.45, 2.75) is 13.0 Å². The first-order valence-electron chi connectivity index (χ1n) is 7.03.